The smallest absolute Gasteiger partial charge is 0.309 e. The van der Waals surface area contributed by atoms with Gasteiger partial charge in [-0.25, -0.2) is 4.39 Å². The van der Waals surface area contributed by atoms with Crippen molar-refractivity contribution < 1.29 is 17.6 Å². The predicted octanol–water partition coefficient (Wildman–Crippen LogP) is 4.92. The molecule has 0 fully saturated rings. The fourth-order valence-electron chi connectivity index (χ4n) is 2.21. The van der Waals surface area contributed by atoms with E-state index in [1.54, 1.807) is 6.07 Å². The molecule has 0 aliphatic heterocycles. The van der Waals surface area contributed by atoms with E-state index in [0.29, 0.717) is 10.0 Å². The van der Waals surface area contributed by atoms with Crippen LogP contribution in [0, 0.1) is 5.82 Å². The second-order valence-corrected chi connectivity index (χ2v) is 5.42. The molecule has 0 heterocycles. The Morgan fingerprint density at radius 2 is 1.81 bits per heavy atom. The van der Waals surface area contributed by atoms with Crippen LogP contribution in [0.4, 0.5) is 17.6 Å². The topological polar surface area (TPSA) is 12.0 Å². The van der Waals surface area contributed by atoms with Crippen LogP contribution in [0.1, 0.15) is 22.7 Å². The molecule has 0 aliphatic rings. The molecule has 0 amide bonds. The van der Waals surface area contributed by atoms with Gasteiger partial charge in [-0.3, -0.25) is 0 Å². The molecule has 1 unspecified atom stereocenters. The maximum absolute atomic E-state index is 13.3. The molecule has 0 saturated carbocycles. The summed E-state index contributed by atoms with van der Waals surface area (Å²) in [7, 11) is 1.54. The van der Waals surface area contributed by atoms with Crippen molar-refractivity contribution >= 4 is 15.9 Å². The summed E-state index contributed by atoms with van der Waals surface area (Å²) in [6.07, 6.45) is -4.48. The lowest BCUT2D eigenvalue weighted by Gasteiger charge is -2.22. The Kier molecular flexibility index (Phi) is 4.68. The van der Waals surface area contributed by atoms with Gasteiger partial charge in [0.1, 0.15) is 5.82 Å². The van der Waals surface area contributed by atoms with Gasteiger partial charge in [0.25, 0.3) is 0 Å². The molecule has 2 aromatic rings. The Morgan fingerprint density at radius 3 is 2.38 bits per heavy atom. The minimum Gasteiger partial charge on any atom is -0.309 e. The molecule has 6 heteroatoms. The van der Waals surface area contributed by atoms with Crippen molar-refractivity contribution in [3.8, 4) is 0 Å². The van der Waals surface area contributed by atoms with Crippen LogP contribution in [-0.4, -0.2) is 7.05 Å². The van der Waals surface area contributed by atoms with E-state index in [4.69, 9.17) is 0 Å². The number of hydrogen-bond acceptors (Lipinski definition) is 1. The summed E-state index contributed by atoms with van der Waals surface area (Å²) < 4.78 is 53.3. The van der Waals surface area contributed by atoms with E-state index in [1.165, 1.54) is 37.4 Å². The molecule has 1 N–H and O–H groups in total. The van der Waals surface area contributed by atoms with Gasteiger partial charge in [0.2, 0.25) is 0 Å². The predicted molar refractivity (Wildman–Crippen MR) is 76.4 cm³/mol. The average Bonchev–Trinajstić information content (AvgIpc) is 2.40. The van der Waals surface area contributed by atoms with Crippen molar-refractivity contribution in [2.24, 2.45) is 0 Å². The molecule has 0 saturated heterocycles. The zero-order chi connectivity index (χ0) is 15.6. The molecular weight excluding hydrogens is 350 g/mol. The fraction of sp³-hybridized carbons (Fsp3) is 0.200. The van der Waals surface area contributed by atoms with Gasteiger partial charge in [-0.15, -0.1) is 0 Å². The second kappa shape index (κ2) is 6.15. The maximum atomic E-state index is 13.3. The van der Waals surface area contributed by atoms with E-state index in [-0.39, 0.29) is 5.56 Å². The average molecular weight is 362 g/mol. The third kappa shape index (κ3) is 3.63. The summed E-state index contributed by atoms with van der Waals surface area (Å²) in [6.45, 7) is 0. The largest absolute Gasteiger partial charge is 0.416 e. The molecule has 2 aromatic carbocycles. The highest BCUT2D eigenvalue weighted by Gasteiger charge is 2.35. The van der Waals surface area contributed by atoms with Crippen molar-refractivity contribution in [3.05, 3.63) is 69.4 Å². The van der Waals surface area contributed by atoms with E-state index in [9.17, 15) is 17.6 Å². The highest BCUT2D eigenvalue weighted by molar-refractivity contribution is 9.10. The van der Waals surface area contributed by atoms with Crippen LogP contribution in [0.15, 0.2) is 46.9 Å². The molecule has 21 heavy (non-hydrogen) atoms. The zero-order valence-corrected chi connectivity index (χ0v) is 12.6. The van der Waals surface area contributed by atoms with Crippen molar-refractivity contribution in [2.45, 2.75) is 12.2 Å². The molecular formula is C15H12BrF4N. The second-order valence-electron chi connectivity index (χ2n) is 4.51. The van der Waals surface area contributed by atoms with Crippen molar-refractivity contribution in [1.29, 1.82) is 0 Å². The summed E-state index contributed by atoms with van der Waals surface area (Å²) in [5.41, 5.74) is -0.260. The number of benzene rings is 2. The number of rotatable bonds is 3. The number of halogens is 5. The van der Waals surface area contributed by atoms with E-state index in [1.807, 2.05) is 0 Å². The van der Waals surface area contributed by atoms with Crippen LogP contribution in [0.3, 0.4) is 0 Å². The van der Waals surface area contributed by atoms with Crippen LogP contribution in [-0.2, 0) is 6.18 Å². The van der Waals surface area contributed by atoms with Crippen LogP contribution in [0.2, 0.25) is 0 Å². The van der Waals surface area contributed by atoms with Crippen LogP contribution < -0.4 is 5.32 Å². The van der Waals surface area contributed by atoms with E-state index >= 15 is 0 Å². The standard InChI is InChI=1S/C15H12BrF4N/c1-21-14(9-3-2-4-11(17)7-9)12-6-5-10(16)8-13(12)15(18,19)20/h2-8,14,21H,1H3. The molecule has 0 aromatic heterocycles. The van der Waals surface area contributed by atoms with Crippen molar-refractivity contribution in [2.75, 3.05) is 7.05 Å². The van der Waals surface area contributed by atoms with E-state index in [0.717, 1.165) is 6.07 Å². The van der Waals surface area contributed by atoms with Gasteiger partial charge >= 0.3 is 6.18 Å². The summed E-state index contributed by atoms with van der Waals surface area (Å²) in [6, 6.07) is 8.75. The van der Waals surface area contributed by atoms with Gasteiger partial charge in [0, 0.05) is 4.47 Å². The fourth-order valence-corrected chi connectivity index (χ4v) is 2.57. The normalized spacial score (nSPS) is 13.2. The number of alkyl halides is 3. The van der Waals surface area contributed by atoms with Gasteiger partial charge in [-0.05, 0) is 42.4 Å². The molecule has 1 atom stereocenters. The number of hydrogen-bond donors (Lipinski definition) is 1. The van der Waals surface area contributed by atoms with Crippen molar-refractivity contribution in [3.63, 3.8) is 0 Å². The SMILES string of the molecule is CNC(c1cccc(F)c1)c1ccc(Br)cc1C(F)(F)F. The Labute approximate surface area is 128 Å². The summed E-state index contributed by atoms with van der Waals surface area (Å²) in [4.78, 5) is 0. The minimum absolute atomic E-state index is 0.0544. The van der Waals surface area contributed by atoms with E-state index in [2.05, 4.69) is 21.2 Å². The third-order valence-corrected chi connectivity index (χ3v) is 3.60. The highest BCUT2D eigenvalue weighted by Crippen LogP contribution is 2.38. The lowest BCUT2D eigenvalue weighted by molar-refractivity contribution is -0.138. The van der Waals surface area contributed by atoms with Gasteiger partial charge in [0.15, 0.2) is 0 Å². The van der Waals surface area contributed by atoms with Crippen LogP contribution >= 0.6 is 15.9 Å². The number of nitrogens with one attached hydrogen (secondary N) is 1. The molecule has 1 nitrogen and oxygen atoms in total. The summed E-state index contributed by atoms with van der Waals surface area (Å²) in [5, 5.41) is 2.81. The van der Waals surface area contributed by atoms with Gasteiger partial charge in [0.05, 0.1) is 11.6 Å². The third-order valence-electron chi connectivity index (χ3n) is 3.10. The van der Waals surface area contributed by atoms with Crippen molar-refractivity contribution in [1.82, 2.24) is 5.32 Å². The molecule has 0 spiro atoms. The van der Waals surface area contributed by atoms with Gasteiger partial charge < -0.3 is 5.32 Å². The Bertz CT molecular complexity index is 640. The lowest BCUT2D eigenvalue weighted by atomic mass is 9.94. The maximum Gasteiger partial charge on any atom is 0.416 e. The monoisotopic (exact) mass is 361 g/mol. The lowest BCUT2D eigenvalue weighted by Crippen LogP contribution is -2.22. The summed E-state index contributed by atoms with van der Waals surface area (Å²) >= 11 is 3.05. The Balaban J connectivity index is 2.58. The molecule has 0 radical (unpaired) electrons. The van der Waals surface area contributed by atoms with Crippen LogP contribution in [0.25, 0.3) is 0 Å². The first-order valence-electron chi connectivity index (χ1n) is 6.12. The van der Waals surface area contributed by atoms with Gasteiger partial charge in [-0.2, -0.15) is 13.2 Å². The van der Waals surface area contributed by atoms with E-state index < -0.39 is 23.6 Å². The first-order valence-corrected chi connectivity index (χ1v) is 6.91. The molecule has 0 aliphatic carbocycles. The molecule has 2 rings (SSSR count). The van der Waals surface area contributed by atoms with Crippen LogP contribution in [0.5, 0.6) is 0 Å². The Hall–Kier alpha value is -1.40. The zero-order valence-electron chi connectivity index (χ0n) is 11.0. The first-order chi connectivity index (χ1) is 9.82. The quantitative estimate of drug-likeness (QED) is 0.765. The highest BCUT2D eigenvalue weighted by atomic mass is 79.9. The first kappa shape index (κ1) is 16.0. The summed E-state index contributed by atoms with van der Waals surface area (Å²) in [5.74, 6) is -0.488. The Morgan fingerprint density at radius 1 is 1.10 bits per heavy atom. The minimum atomic E-state index is -4.48. The van der Waals surface area contributed by atoms with Gasteiger partial charge in [-0.1, -0.05) is 34.1 Å². The molecule has 112 valence electrons. The molecule has 0 bridgehead atoms.